The molecule has 0 saturated heterocycles. The van der Waals surface area contributed by atoms with Gasteiger partial charge in [0.05, 0.1) is 33.1 Å². The zero-order chi connectivity index (χ0) is 30.2. The highest BCUT2D eigenvalue weighted by atomic mass is 16.3. The molecule has 5 aromatic heterocycles. The van der Waals surface area contributed by atoms with Gasteiger partial charge in [0.1, 0.15) is 5.69 Å². The minimum Gasteiger partial charge on any atom is -0.437 e. The van der Waals surface area contributed by atoms with Gasteiger partial charge in [-0.15, -0.1) is 0 Å². The molecular formula is C41H24N4O. The third-order valence-corrected chi connectivity index (χ3v) is 9.03. The highest BCUT2D eigenvalue weighted by Crippen LogP contribution is 2.44. The highest BCUT2D eigenvalue weighted by molar-refractivity contribution is 6.28. The Kier molecular flexibility index (Phi) is 5.22. The van der Waals surface area contributed by atoms with Crippen LogP contribution in [0.3, 0.4) is 0 Å². The van der Waals surface area contributed by atoms with Crippen molar-refractivity contribution in [3.63, 3.8) is 0 Å². The summed E-state index contributed by atoms with van der Waals surface area (Å²) in [6.45, 7) is 0. The van der Waals surface area contributed by atoms with Crippen LogP contribution in [0.4, 0.5) is 0 Å². The molecule has 0 N–H and O–H groups in total. The Hall–Kier alpha value is -6.33. The first kappa shape index (κ1) is 25.0. The summed E-state index contributed by atoms with van der Waals surface area (Å²) in [7, 11) is 0. The van der Waals surface area contributed by atoms with Crippen molar-refractivity contribution in [1.29, 1.82) is 0 Å². The fraction of sp³-hybridized carbons (Fsp3) is 0. The summed E-state index contributed by atoms with van der Waals surface area (Å²) in [6.07, 6.45) is 1.83. The minimum atomic E-state index is 0.798. The number of hydrogen-bond acceptors (Lipinski definition) is 4. The van der Waals surface area contributed by atoms with E-state index in [0.717, 1.165) is 93.9 Å². The second kappa shape index (κ2) is 9.58. The molecular weight excluding hydrogens is 564 g/mol. The maximum Gasteiger partial charge on any atom is 0.213 e. The predicted molar refractivity (Wildman–Crippen MR) is 187 cm³/mol. The highest BCUT2D eigenvalue weighted by Gasteiger charge is 2.24. The van der Waals surface area contributed by atoms with Gasteiger partial charge >= 0.3 is 0 Å². The van der Waals surface area contributed by atoms with Gasteiger partial charge in [-0.3, -0.25) is 9.55 Å². The van der Waals surface area contributed by atoms with Crippen LogP contribution < -0.4 is 0 Å². The number of nitrogens with zero attached hydrogens (tertiary/aromatic N) is 4. The maximum atomic E-state index is 6.90. The summed E-state index contributed by atoms with van der Waals surface area (Å²) < 4.78 is 9.13. The van der Waals surface area contributed by atoms with Crippen molar-refractivity contribution in [3.05, 3.63) is 146 Å². The first-order chi connectivity index (χ1) is 22.8. The second-order valence-corrected chi connectivity index (χ2v) is 11.6. The molecule has 5 heteroatoms. The molecule has 0 bridgehead atoms. The van der Waals surface area contributed by atoms with E-state index in [1.807, 2.05) is 36.5 Å². The van der Waals surface area contributed by atoms with Gasteiger partial charge in [-0.25, -0.2) is 9.97 Å². The van der Waals surface area contributed by atoms with Gasteiger partial charge < -0.3 is 4.42 Å². The van der Waals surface area contributed by atoms with E-state index in [-0.39, 0.29) is 0 Å². The average molecular weight is 589 g/mol. The van der Waals surface area contributed by atoms with Crippen LogP contribution in [-0.2, 0) is 0 Å². The number of fused-ring (bicyclic) bond motifs is 10. The summed E-state index contributed by atoms with van der Waals surface area (Å²) >= 11 is 0. The van der Waals surface area contributed by atoms with Crippen molar-refractivity contribution in [2.75, 3.05) is 0 Å². The summed E-state index contributed by atoms with van der Waals surface area (Å²) in [4.78, 5) is 14.8. The molecule has 0 fully saturated rings. The number of rotatable bonds is 3. The molecule has 0 spiro atoms. The van der Waals surface area contributed by atoms with E-state index in [9.17, 15) is 0 Å². The summed E-state index contributed by atoms with van der Waals surface area (Å²) in [5, 5.41) is 6.58. The predicted octanol–water partition coefficient (Wildman–Crippen LogP) is 10.5. The molecule has 0 aliphatic rings. The third kappa shape index (κ3) is 3.60. The smallest absolute Gasteiger partial charge is 0.213 e. The molecule has 10 rings (SSSR count). The fourth-order valence-electron chi connectivity index (χ4n) is 6.91. The zero-order valence-electron chi connectivity index (χ0n) is 24.6. The van der Waals surface area contributed by atoms with E-state index in [2.05, 4.69) is 119 Å². The van der Waals surface area contributed by atoms with Crippen molar-refractivity contribution < 1.29 is 4.42 Å². The Morgan fingerprint density at radius 3 is 2.13 bits per heavy atom. The van der Waals surface area contributed by atoms with Gasteiger partial charge in [0.25, 0.3) is 0 Å². The van der Waals surface area contributed by atoms with Crippen molar-refractivity contribution in [1.82, 2.24) is 19.5 Å². The van der Waals surface area contributed by atoms with Crippen LogP contribution in [0, 0.1) is 0 Å². The van der Waals surface area contributed by atoms with E-state index < -0.39 is 0 Å². The van der Waals surface area contributed by atoms with Crippen LogP contribution in [0.5, 0.6) is 0 Å². The molecule has 0 unspecified atom stereocenters. The van der Waals surface area contributed by atoms with Crippen molar-refractivity contribution in [2.24, 2.45) is 0 Å². The molecule has 0 radical (unpaired) electrons. The lowest BCUT2D eigenvalue weighted by Gasteiger charge is -2.09. The molecule has 10 aromatic rings. The summed E-state index contributed by atoms with van der Waals surface area (Å²) in [5.41, 5.74) is 10.3. The van der Waals surface area contributed by atoms with E-state index in [1.165, 1.54) is 0 Å². The lowest BCUT2D eigenvalue weighted by atomic mass is 10.0. The number of hydrogen-bond donors (Lipinski definition) is 0. The van der Waals surface area contributed by atoms with E-state index in [0.29, 0.717) is 0 Å². The monoisotopic (exact) mass is 588 g/mol. The molecule has 0 amide bonds. The Balaban J connectivity index is 1.20. The third-order valence-electron chi connectivity index (χ3n) is 9.03. The largest absolute Gasteiger partial charge is 0.437 e. The Morgan fingerprint density at radius 2 is 1.26 bits per heavy atom. The first-order valence-electron chi connectivity index (χ1n) is 15.4. The summed E-state index contributed by atoms with van der Waals surface area (Å²) in [6, 6.07) is 48.2. The quantitative estimate of drug-likeness (QED) is 0.193. The van der Waals surface area contributed by atoms with E-state index in [4.69, 9.17) is 14.4 Å². The maximum absolute atomic E-state index is 6.90. The molecule has 5 aromatic carbocycles. The molecule has 46 heavy (non-hydrogen) atoms. The molecule has 214 valence electrons. The standard InChI is InChI=1S/C41H24N4O/c1-2-9-26(10-3-1)39-40-35(30-12-4-6-14-33(30)44-39)36-31-13-5-7-15-34(31)45(41(36)46-40)29-21-18-25(19-22-29)32-23-20-28-17-16-27-11-8-24-42-37(27)38(28)43-32/h1-24H. The van der Waals surface area contributed by atoms with Gasteiger partial charge in [0, 0.05) is 49.9 Å². The van der Waals surface area contributed by atoms with Crippen LogP contribution in [0.15, 0.2) is 150 Å². The molecule has 5 heterocycles. The van der Waals surface area contributed by atoms with Crippen molar-refractivity contribution in [2.45, 2.75) is 0 Å². The number of pyridine rings is 3. The van der Waals surface area contributed by atoms with Gasteiger partial charge in [-0.2, -0.15) is 0 Å². The Morgan fingerprint density at radius 1 is 0.522 bits per heavy atom. The van der Waals surface area contributed by atoms with Gasteiger partial charge in [-0.05, 0) is 36.4 Å². The zero-order valence-corrected chi connectivity index (χ0v) is 24.6. The molecule has 0 atom stereocenters. The second-order valence-electron chi connectivity index (χ2n) is 11.6. The SMILES string of the molecule is c1ccc(-c2nc3ccccc3c3c2oc2c3c3ccccc3n2-c2ccc(-c3ccc4ccc5cccnc5c4n3)cc2)cc1. The molecule has 5 nitrogen and oxygen atoms in total. The van der Waals surface area contributed by atoms with Crippen molar-refractivity contribution >= 4 is 65.7 Å². The first-order valence-corrected chi connectivity index (χ1v) is 15.4. The molecule has 0 saturated carbocycles. The normalized spacial score (nSPS) is 11.9. The molecule has 0 aliphatic carbocycles. The van der Waals surface area contributed by atoms with Crippen LogP contribution >= 0.6 is 0 Å². The van der Waals surface area contributed by atoms with Crippen molar-refractivity contribution in [3.8, 4) is 28.2 Å². The lowest BCUT2D eigenvalue weighted by Crippen LogP contribution is -1.94. The molecule has 0 aliphatic heterocycles. The Bertz CT molecular complexity index is 2790. The minimum absolute atomic E-state index is 0.798. The van der Waals surface area contributed by atoms with E-state index in [1.54, 1.807) is 0 Å². The van der Waals surface area contributed by atoms with Crippen LogP contribution in [0.2, 0.25) is 0 Å². The number of furan rings is 1. The summed E-state index contributed by atoms with van der Waals surface area (Å²) in [5.74, 6) is 0. The van der Waals surface area contributed by atoms with Crippen LogP contribution in [0.1, 0.15) is 0 Å². The van der Waals surface area contributed by atoms with Crippen LogP contribution in [0.25, 0.3) is 93.9 Å². The van der Waals surface area contributed by atoms with Gasteiger partial charge in [0.15, 0.2) is 5.58 Å². The lowest BCUT2D eigenvalue weighted by molar-refractivity contribution is 0.645. The average Bonchev–Trinajstić information content (AvgIpc) is 3.67. The van der Waals surface area contributed by atoms with Crippen LogP contribution in [-0.4, -0.2) is 19.5 Å². The topological polar surface area (TPSA) is 56.7 Å². The van der Waals surface area contributed by atoms with Gasteiger partial charge in [-0.1, -0.05) is 103 Å². The van der Waals surface area contributed by atoms with E-state index >= 15 is 0 Å². The number of para-hydroxylation sites is 2. The Labute approximate surface area is 263 Å². The van der Waals surface area contributed by atoms with Gasteiger partial charge in [0.2, 0.25) is 5.71 Å². The fourth-order valence-corrected chi connectivity index (χ4v) is 6.91. The number of benzene rings is 5. The number of aromatic nitrogens is 4.